The van der Waals surface area contributed by atoms with Crippen molar-refractivity contribution >= 4 is 49.9 Å². The fourth-order valence-electron chi connectivity index (χ4n) is 8.22. The van der Waals surface area contributed by atoms with Crippen LogP contribution in [0.1, 0.15) is 25.0 Å². The van der Waals surface area contributed by atoms with Gasteiger partial charge in [-0.1, -0.05) is 86.6 Å². The quantitative estimate of drug-likeness (QED) is 0.182. The number of imidazole rings is 1. The van der Waals surface area contributed by atoms with E-state index in [1.807, 2.05) is 42.6 Å². The summed E-state index contributed by atoms with van der Waals surface area (Å²) < 4.78 is 11.1. The van der Waals surface area contributed by atoms with E-state index < -0.39 is 0 Å². The highest BCUT2D eigenvalue weighted by atomic mass is 16.5. The molecule has 250 valence electrons. The van der Waals surface area contributed by atoms with Crippen molar-refractivity contribution < 1.29 is 4.74 Å². The average Bonchev–Trinajstić information content (AvgIpc) is 3.69. The Labute approximate surface area is 301 Å². The Hall–Kier alpha value is -6.66. The molecule has 0 saturated heterocycles. The Kier molecular flexibility index (Phi) is 6.64. The van der Waals surface area contributed by atoms with Crippen molar-refractivity contribution in [2.75, 3.05) is 4.90 Å². The van der Waals surface area contributed by atoms with Crippen LogP contribution in [-0.4, -0.2) is 19.1 Å². The topological polar surface area (TPSA) is 48.1 Å². The van der Waals surface area contributed by atoms with E-state index in [4.69, 9.17) is 14.7 Å². The van der Waals surface area contributed by atoms with Gasteiger partial charge in [-0.05, 0) is 78.4 Å². The lowest BCUT2D eigenvalue weighted by Gasteiger charge is -2.42. The third-order valence-corrected chi connectivity index (χ3v) is 10.6. The number of hydrogen-bond donors (Lipinski definition) is 0. The molecule has 0 saturated carbocycles. The molecular weight excluding hydrogens is 639 g/mol. The highest BCUT2D eigenvalue weighted by Crippen LogP contribution is 2.55. The molecule has 6 heteroatoms. The predicted molar refractivity (Wildman–Crippen MR) is 212 cm³/mol. The largest absolute Gasteiger partial charge is 0.457 e. The highest BCUT2D eigenvalue weighted by molar-refractivity contribution is 6.13. The third kappa shape index (κ3) is 4.50. The molecule has 1 aliphatic rings. The molecule has 6 aromatic carbocycles. The van der Waals surface area contributed by atoms with E-state index in [9.17, 15) is 0 Å². The van der Waals surface area contributed by atoms with Gasteiger partial charge in [0.1, 0.15) is 23.1 Å². The number of fused-ring (bicyclic) bond motifs is 7. The number of aryl methyl sites for hydroxylation is 1. The fourth-order valence-corrected chi connectivity index (χ4v) is 8.22. The average molecular weight is 674 g/mol. The molecule has 0 N–H and O–H groups in total. The highest BCUT2D eigenvalue weighted by Gasteiger charge is 2.39. The first-order valence-electron chi connectivity index (χ1n) is 17.6. The van der Waals surface area contributed by atoms with Crippen molar-refractivity contribution in [1.82, 2.24) is 19.1 Å². The van der Waals surface area contributed by atoms with Gasteiger partial charge in [-0.2, -0.15) is 0 Å². The normalized spacial score (nSPS) is 13.4. The van der Waals surface area contributed by atoms with Gasteiger partial charge in [0.15, 0.2) is 0 Å². The van der Waals surface area contributed by atoms with Gasteiger partial charge in [-0.25, -0.2) is 9.97 Å². The first-order chi connectivity index (χ1) is 25.5. The molecule has 10 rings (SSSR count). The van der Waals surface area contributed by atoms with Gasteiger partial charge >= 0.3 is 0 Å². The number of aromatic nitrogens is 4. The third-order valence-electron chi connectivity index (χ3n) is 10.6. The van der Waals surface area contributed by atoms with Crippen LogP contribution in [0.4, 0.5) is 17.1 Å². The lowest BCUT2D eigenvalue weighted by molar-refractivity contribution is 0.483. The van der Waals surface area contributed by atoms with Gasteiger partial charge in [0.2, 0.25) is 0 Å². The first-order valence-corrected chi connectivity index (χ1v) is 17.6. The Morgan fingerprint density at radius 3 is 2.23 bits per heavy atom. The van der Waals surface area contributed by atoms with Gasteiger partial charge in [-0.3, -0.25) is 4.57 Å². The second-order valence-corrected chi connectivity index (χ2v) is 14.0. The van der Waals surface area contributed by atoms with E-state index in [0.29, 0.717) is 0 Å². The van der Waals surface area contributed by atoms with Crippen LogP contribution in [0.2, 0.25) is 0 Å². The monoisotopic (exact) mass is 673 g/mol. The molecule has 0 atom stereocenters. The molecule has 6 nitrogen and oxygen atoms in total. The van der Waals surface area contributed by atoms with Crippen molar-refractivity contribution in [3.8, 4) is 28.7 Å². The molecule has 0 radical (unpaired) electrons. The van der Waals surface area contributed by atoms with Crippen LogP contribution < -0.4 is 9.64 Å². The summed E-state index contributed by atoms with van der Waals surface area (Å²) in [7, 11) is 2.06. The Morgan fingerprint density at radius 2 is 1.38 bits per heavy atom. The zero-order valence-electron chi connectivity index (χ0n) is 29.2. The molecule has 0 bridgehead atoms. The molecule has 3 aromatic heterocycles. The summed E-state index contributed by atoms with van der Waals surface area (Å²) in [6, 6.07) is 52.9. The summed E-state index contributed by atoms with van der Waals surface area (Å²) in [6.45, 7) is 4.69. The molecule has 0 fully saturated rings. The van der Waals surface area contributed by atoms with Crippen LogP contribution in [0.3, 0.4) is 0 Å². The van der Waals surface area contributed by atoms with E-state index >= 15 is 0 Å². The lowest BCUT2D eigenvalue weighted by Crippen LogP contribution is -2.31. The standard InChI is InChI=1S/C46H35N5O/c1-46(2)36-18-7-9-20-38(36)50(31-15-5-4-6-16-31)40-26-25-35-34-24-23-33(29-41(34)51(44(35)43(40)46)42-22-11-12-27-47-42)52-32-17-13-14-30(28-32)45-48-37-19-8-10-21-39(37)49(45)3/h4-29H,1-3H3. The SMILES string of the molecule is Cn1c(-c2cccc(Oc3ccc4c5ccc6c(c5n(-c5ccccn5)c4c3)C(C)(C)c3ccccc3N6c3ccccc3)c2)nc2ccccc21. The predicted octanol–water partition coefficient (Wildman–Crippen LogP) is 11.6. The maximum Gasteiger partial charge on any atom is 0.140 e. The van der Waals surface area contributed by atoms with E-state index in [-0.39, 0.29) is 5.41 Å². The molecule has 4 heterocycles. The summed E-state index contributed by atoms with van der Waals surface area (Å²) in [6.07, 6.45) is 1.87. The summed E-state index contributed by atoms with van der Waals surface area (Å²) in [5.41, 5.74) is 11.0. The van der Waals surface area contributed by atoms with Crippen LogP contribution in [0.15, 0.2) is 158 Å². The van der Waals surface area contributed by atoms with Gasteiger partial charge < -0.3 is 14.2 Å². The maximum absolute atomic E-state index is 6.65. The smallest absolute Gasteiger partial charge is 0.140 e. The number of anilines is 3. The Balaban J connectivity index is 1.17. The van der Waals surface area contributed by atoms with Crippen LogP contribution in [-0.2, 0) is 12.5 Å². The Morgan fingerprint density at radius 1 is 0.615 bits per heavy atom. The molecule has 52 heavy (non-hydrogen) atoms. The fraction of sp³-hybridized carbons (Fsp3) is 0.0870. The zero-order valence-corrected chi connectivity index (χ0v) is 29.2. The summed E-state index contributed by atoms with van der Waals surface area (Å²) in [5, 5.41) is 2.32. The van der Waals surface area contributed by atoms with Crippen molar-refractivity contribution in [1.29, 1.82) is 0 Å². The van der Waals surface area contributed by atoms with Crippen molar-refractivity contribution in [2.24, 2.45) is 7.05 Å². The van der Waals surface area contributed by atoms with E-state index in [2.05, 4.69) is 150 Å². The van der Waals surface area contributed by atoms with Gasteiger partial charge in [0.05, 0.1) is 33.4 Å². The molecular formula is C46H35N5O. The van der Waals surface area contributed by atoms with Crippen LogP contribution in [0.25, 0.3) is 50.0 Å². The number of para-hydroxylation sites is 4. The molecule has 9 aromatic rings. The number of pyridine rings is 1. The Bertz CT molecular complexity index is 2820. The molecule has 0 unspecified atom stereocenters. The summed E-state index contributed by atoms with van der Waals surface area (Å²) in [4.78, 5) is 12.2. The second-order valence-electron chi connectivity index (χ2n) is 14.0. The zero-order chi connectivity index (χ0) is 35.0. The summed E-state index contributed by atoms with van der Waals surface area (Å²) >= 11 is 0. The molecule has 0 amide bonds. The maximum atomic E-state index is 6.65. The first kappa shape index (κ1) is 30.2. The molecule has 1 aliphatic heterocycles. The van der Waals surface area contributed by atoms with Crippen LogP contribution >= 0.6 is 0 Å². The molecule has 0 aliphatic carbocycles. The summed E-state index contributed by atoms with van der Waals surface area (Å²) in [5.74, 6) is 3.26. The van der Waals surface area contributed by atoms with Gasteiger partial charge in [0.25, 0.3) is 0 Å². The van der Waals surface area contributed by atoms with E-state index in [0.717, 1.165) is 67.5 Å². The van der Waals surface area contributed by atoms with Crippen molar-refractivity contribution in [3.63, 3.8) is 0 Å². The van der Waals surface area contributed by atoms with E-state index in [1.165, 1.54) is 22.2 Å². The van der Waals surface area contributed by atoms with Crippen LogP contribution in [0.5, 0.6) is 11.5 Å². The molecule has 0 spiro atoms. The lowest BCUT2D eigenvalue weighted by atomic mass is 9.72. The van der Waals surface area contributed by atoms with Crippen LogP contribution in [0, 0.1) is 0 Å². The minimum Gasteiger partial charge on any atom is -0.457 e. The number of hydrogen-bond acceptors (Lipinski definition) is 4. The van der Waals surface area contributed by atoms with Crippen molar-refractivity contribution in [3.05, 3.63) is 169 Å². The minimum atomic E-state index is -0.312. The van der Waals surface area contributed by atoms with Gasteiger partial charge in [-0.15, -0.1) is 0 Å². The van der Waals surface area contributed by atoms with Crippen molar-refractivity contribution in [2.45, 2.75) is 19.3 Å². The number of benzene rings is 6. The number of rotatable bonds is 5. The number of nitrogens with zero attached hydrogens (tertiary/aromatic N) is 5. The minimum absolute atomic E-state index is 0.312. The second kappa shape index (κ2) is 11.4. The number of ether oxygens (including phenoxy) is 1. The van der Waals surface area contributed by atoms with E-state index in [1.54, 1.807) is 0 Å². The van der Waals surface area contributed by atoms with Gasteiger partial charge in [0, 0.05) is 52.3 Å².